The Labute approximate surface area is 65.3 Å². The van der Waals surface area contributed by atoms with E-state index in [1.807, 2.05) is 6.92 Å². The van der Waals surface area contributed by atoms with Gasteiger partial charge in [0.05, 0.1) is 11.6 Å². The first-order chi connectivity index (χ1) is 5.24. The summed E-state index contributed by atoms with van der Waals surface area (Å²) in [6.45, 7) is 1.81. The van der Waals surface area contributed by atoms with Gasteiger partial charge in [-0.2, -0.15) is 0 Å². The highest BCUT2D eigenvalue weighted by Crippen LogP contribution is 2.10. The summed E-state index contributed by atoms with van der Waals surface area (Å²) in [6.07, 6.45) is 6.56. The fourth-order valence-corrected chi connectivity index (χ4v) is 0.743. The molecular formula is C9H8FN. The van der Waals surface area contributed by atoms with Crippen LogP contribution in [0, 0.1) is 18.2 Å². The van der Waals surface area contributed by atoms with Crippen molar-refractivity contribution in [1.82, 2.24) is 4.98 Å². The van der Waals surface area contributed by atoms with E-state index in [0.29, 0.717) is 5.69 Å². The number of halogens is 1. The molecule has 0 aliphatic heterocycles. The molecule has 2 heteroatoms. The van der Waals surface area contributed by atoms with Crippen LogP contribution >= 0.6 is 0 Å². The van der Waals surface area contributed by atoms with Crippen LogP contribution in [0.3, 0.4) is 0 Å². The Bertz CT molecular complexity index is 288. The number of hydrogen-bond acceptors (Lipinski definition) is 1. The minimum absolute atomic E-state index is 0.120. The second-order valence-electron chi connectivity index (χ2n) is 2.29. The second kappa shape index (κ2) is 3.16. The highest BCUT2D eigenvalue weighted by Gasteiger charge is 2.02. The predicted octanol–water partition coefficient (Wildman–Crippen LogP) is 1.96. The molecule has 0 aromatic carbocycles. The number of terminal acetylenes is 1. The summed E-state index contributed by atoms with van der Waals surface area (Å²) < 4.78 is 12.6. The lowest BCUT2D eigenvalue weighted by Crippen LogP contribution is -1.93. The van der Waals surface area contributed by atoms with E-state index in [1.54, 1.807) is 0 Å². The Hall–Kier alpha value is -1.36. The molecule has 0 aliphatic carbocycles. The van der Waals surface area contributed by atoms with Gasteiger partial charge in [0.1, 0.15) is 5.82 Å². The van der Waals surface area contributed by atoms with Gasteiger partial charge in [0.25, 0.3) is 0 Å². The molecule has 0 N–H and O–H groups in total. The lowest BCUT2D eigenvalue weighted by Gasteiger charge is -2.01. The maximum absolute atomic E-state index is 12.6. The fraction of sp³-hybridized carbons (Fsp3) is 0.222. The zero-order valence-electron chi connectivity index (χ0n) is 6.21. The van der Waals surface area contributed by atoms with Crippen molar-refractivity contribution in [3.8, 4) is 12.3 Å². The molecule has 0 amide bonds. The molecule has 0 fully saturated rings. The molecule has 11 heavy (non-hydrogen) atoms. The van der Waals surface area contributed by atoms with Gasteiger partial charge in [-0.05, 0) is 19.1 Å². The first kappa shape index (κ1) is 7.74. The van der Waals surface area contributed by atoms with Crippen molar-refractivity contribution in [3.05, 3.63) is 29.8 Å². The molecule has 0 spiro atoms. The molecule has 0 aliphatic rings. The van der Waals surface area contributed by atoms with Crippen LogP contribution < -0.4 is 0 Å². The molecule has 1 rings (SSSR count). The quantitative estimate of drug-likeness (QED) is 0.556. The van der Waals surface area contributed by atoms with Crippen molar-refractivity contribution in [2.75, 3.05) is 0 Å². The summed E-state index contributed by atoms with van der Waals surface area (Å²) in [4.78, 5) is 3.93. The summed E-state index contributed by atoms with van der Waals surface area (Å²) in [7, 11) is 0. The molecule has 0 saturated heterocycles. The average Bonchev–Trinajstić information content (AvgIpc) is 2.03. The van der Waals surface area contributed by atoms with Gasteiger partial charge in [-0.15, -0.1) is 6.42 Å². The van der Waals surface area contributed by atoms with E-state index in [-0.39, 0.29) is 11.7 Å². The molecule has 1 heterocycles. The van der Waals surface area contributed by atoms with E-state index in [9.17, 15) is 4.39 Å². The van der Waals surface area contributed by atoms with Crippen molar-refractivity contribution >= 4 is 0 Å². The van der Waals surface area contributed by atoms with Crippen LogP contribution in [-0.2, 0) is 0 Å². The molecule has 0 saturated carbocycles. The lowest BCUT2D eigenvalue weighted by molar-refractivity contribution is 0.621. The first-order valence-electron chi connectivity index (χ1n) is 3.31. The van der Waals surface area contributed by atoms with Gasteiger partial charge in [-0.25, -0.2) is 4.39 Å². The van der Waals surface area contributed by atoms with Gasteiger partial charge in [0.15, 0.2) is 0 Å². The van der Waals surface area contributed by atoms with Crippen molar-refractivity contribution < 1.29 is 4.39 Å². The lowest BCUT2D eigenvalue weighted by atomic mass is 10.1. The minimum Gasteiger partial charge on any atom is -0.260 e. The second-order valence-corrected chi connectivity index (χ2v) is 2.29. The van der Waals surface area contributed by atoms with Crippen LogP contribution in [0.4, 0.5) is 4.39 Å². The summed E-state index contributed by atoms with van der Waals surface area (Å²) in [6, 6.07) is 2.65. The Kier molecular flexibility index (Phi) is 2.22. The number of rotatable bonds is 1. The summed E-state index contributed by atoms with van der Waals surface area (Å²) in [5.41, 5.74) is 0.604. The molecule has 1 aromatic rings. The zero-order valence-corrected chi connectivity index (χ0v) is 6.21. The molecule has 1 unspecified atom stereocenters. The number of nitrogens with zero attached hydrogens (tertiary/aromatic N) is 1. The van der Waals surface area contributed by atoms with Crippen LogP contribution in [0.15, 0.2) is 18.3 Å². The fourth-order valence-electron chi connectivity index (χ4n) is 0.743. The minimum atomic E-state index is -0.294. The Morgan fingerprint density at radius 1 is 1.73 bits per heavy atom. The van der Waals surface area contributed by atoms with E-state index in [1.165, 1.54) is 18.3 Å². The van der Waals surface area contributed by atoms with Crippen molar-refractivity contribution in [3.63, 3.8) is 0 Å². The van der Waals surface area contributed by atoms with E-state index in [0.717, 1.165) is 0 Å². The maximum Gasteiger partial charge on any atom is 0.126 e. The topological polar surface area (TPSA) is 12.9 Å². The van der Waals surface area contributed by atoms with Gasteiger partial charge in [0, 0.05) is 6.20 Å². The van der Waals surface area contributed by atoms with Crippen LogP contribution in [-0.4, -0.2) is 4.98 Å². The molecule has 1 aromatic heterocycles. The monoisotopic (exact) mass is 149 g/mol. The van der Waals surface area contributed by atoms with E-state index in [2.05, 4.69) is 10.9 Å². The SMILES string of the molecule is C#CC(C)c1cc(F)ccn1. The van der Waals surface area contributed by atoms with Gasteiger partial charge in [-0.1, -0.05) is 5.92 Å². The van der Waals surface area contributed by atoms with Gasteiger partial charge in [0.2, 0.25) is 0 Å². The third-order valence-corrected chi connectivity index (χ3v) is 1.44. The highest BCUT2D eigenvalue weighted by molar-refractivity contribution is 5.18. The van der Waals surface area contributed by atoms with Crippen molar-refractivity contribution in [2.45, 2.75) is 12.8 Å². The van der Waals surface area contributed by atoms with Crippen LogP contribution in [0.1, 0.15) is 18.5 Å². The predicted molar refractivity (Wildman–Crippen MR) is 41.4 cm³/mol. The highest BCUT2D eigenvalue weighted by atomic mass is 19.1. The van der Waals surface area contributed by atoms with Crippen LogP contribution in [0.25, 0.3) is 0 Å². The third kappa shape index (κ3) is 1.78. The summed E-state index contributed by atoms with van der Waals surface area (Å²) >= 11 is 0. The third-order valence-electron chi connectivity index (χ3n) is 1.44. The van der Waals surface area contributed by atoms with Gasteiger partial charge < -0.3 is 0 Å². The van der Waals surface area contributed by atoms with Crippen molar-refractivity contribution in [2.24, 2.45) is 0 Å². The van der Waals surface area contributed by atoms with E-state index in [4.69, 9.17) is 6.42 Å². The average molecular weight is 149 g/mol. The number of aromatic nitrogens is 1. The Balaban J connectivity index is 2.98. The number of hydrogen-bond donors (Lipinski definition) is 0. The largest absolute Gasteiger partial charge is 0.260 e. The van der Waals surface area contributed by atoms with Gasteiger partial charge >= 0.3 is 0 Å². The smallest absolute Gasteiger partial charge is 0.126 e. The molecule has 1 nitrogen and oxygen atoms in total. The normalized spacial score (nSPS) is 12.1. The Morgan fingerprint density at radius 2 is 2.45 bits per heavy atom. The van der Waals surface area contributed by atoms with Gasteiger partial charge in [-0.3, -0.25) is 4.98 Å². The van der Waals surface area contributed by atoms with E-state index >= 15 is 0 Å². The van der Waals surface area contributed by atoms with Crippen molar-refractivity contribution in [1.29, 1.82) is 0 Å². The Morgan fingerprint density at radius 3 is 3.00 bits per heavy atom. The van der Waals surface area contributed by atoms with Crippen LogP contribution in [0.5, 0.6) is 0 Å². The maximum atomic E-state index is 12.6. The standard InChI is InChI=1S/C9H8FN/c1-3-7(2)9-6-8(10)4-5-11-9/h1,4-7H,2H3. The van der Waals surface area contributed by atoms with Crippen LogP contribution in [0.2, 0.25) is 0 Å². The first-order valence-corrected chi connectivity index (χ1v) is 3.31. The summed E-state index contributed by atoms with van der Waals surface area (Å²) in [5.74, 6) is 2.07. The molecule has 1 atom stereocenters. The number of pyridine rings is 1. The zero-order chi connectivity index (χ0) is 8.27. The molecule has 0 radical (unpaired) electrons. The van der Waals surface area contributed by atoms with E-state index < -0.39 is 0 Å². The summed E-state index contributed by atoms with van der Waals surface area (Å²) in [5, 5.41) is 0. The molecule has 0 bridgehead atoms. The molecular weight excluding hydrogens is 141 g/mol. The molecule has 56 valence electrons.